The average Bonchev–Trinajstić information content (AvgIpc) is 2.73. The van der Waals surface area contributed by atoms with Crippen LogP contribution in [0.1, 0.15) is 16.6 Å². The van der Waals surface area contributed by atoms with Crippen LogP contribution < -0.4 is 5.73 Å². The number of rotatable bonds is 2. The molecule has 0 saturated heterocycles. The van der Waals surface area contributed by atoms with Gasteiger partial charge in [0.1, 0.15) is 0 Å². The van der Waals surface area contributed by atoms with E-state index in [0.29, 0.717) is 0 Å². The summed E-state index contributed by atoms with van der Waals surface area (Å²) in [5.74, 6) is 0. The van der Waals surface area contributed by atoms with Crippen molar-refractivity contribution in [1.82, 2.24) is 9.78 Å². The van der Waals surface area contributed by atoms with Gasteiger partial charge in [-0.15, -0.1) is 11.3 Å². The molecule has 0 spiro atoms. The van der Waals surface area contributed by atoms with Crippen LogP contribution in [0.2, 0.25) is 5.02 Å². The lowest BCUT2D eigenvalue weighted by molar-refractivity contribution is 0.678. The molecule has 0 aliphatic carbocycles. The molecule has 14 heavy (non-hydrogen) atoms. The van der Waals surface area contributed by atoms with Crippen molar-refractivity contribution in [3.8, 4) is 0 Å². The zero-order chi connectivity index (χ0) is 10.1. The lowest BCUT2D eigenvalue weighted by Gasteiger charge is -2.10. The van der Waals surface area contributed by atoms with Gasteiger partial charge in [-0.2, -0.15) is 5.10 Å². The van der Waals surface area contributed by atoms with Crippen LogP contribution in [0.4, 0.5) is 0 Å². The lowest BCUT2D eigenvalue weighted by atomic mass is 10.2. The molecular formula is C9H10ClN3S. The molecule has 0 aliphatic rings. The Morgan fingerprint density at radius 1 is 1.57 bits per heavy atom. The maximum Gasteiger partial charge on any atom is 0.0831 e. The van der Waals surface area contributed by atoms with Gasteiger partial charge >= 0.3 is 0 Å². The highest BCUT2D eigenvalue weighted by Gasteiger charge is 2.16. The van der Waals surface area contributed by atoms with Gasteiger partial charge in [-0.3, -0.25) is 4.68 Å². The molecule has 0 bridgehead atoms. The van der Waals surface area contributed by atoms with Gasteiger partial charge in [0.25, 0.3) is 0 Å². The van der Waals surface area contributed by atoms with Gasteiger partial charge < -0.3 is 5.73 Å². The lowest BCUT2D eigenvalue weighted by Crippen LogP contribution is -2.14. The molecule has 1 unspecified atom stereocenters. The first kappa shape index (κ1) is 9.71. The van der Waals surface area contributed by atoms with Crippen molar-refractivity contribution in [2.24, 2.45) is 12.8 Å². The average molecular weight is 228 g/mol. The van der Waals surface area contributed by atoms with Gasteiger partial charge in [0.2, 0.25) is 0 Å². The summed E-state index contributed by atoms with van der Waals surface area (Å²) in [6, 6.07) is 3.58. The summed E-state index contributed by atoms with van der Waals surface area (Å²) in [5.41, 5.74) is 7.04. The Balaban J connectivity index is 2.38. The van der Waals surface area contributed by atoms with Crippen molar-refractivity contribution in [1.29, 1.82) is 0 Å². The van der Waals surface area contributed by atoms with Gasteiger partial charge in [-0.1, -0.05) is 11.6 Å². The van der Waals surface area contributed by atoms with E-state index in [1.54, 1.807) is 22.2 Å². The molecule has 3 nitrogen and oxygen atoms in total. The predicted molar refractivity (Wildman–Crippen MR) is 58.6 cm³/mol. The third-order valence-electron chi connectivity index (χ3n) is 2.10. The molecule has 74 valence electrons. The molecule has 0 aromatic carbocycles. The van der Waals surface area contributed by atoms with Crippen LogP contribution in [0.3, 0.4) is 0 Å². The Morgan fingerprint density at radius 3 is 2.86 bits per heavy atom. The zero-order valence-corrected chi connectivity index (χ0v) is 9.22. The number of halogens is 1. The van der Waals surface area contributed by atoms with E-state index in [4.69, 9.17) is 17.3 Å². The van der Waals surface area contributed by atoms with Crippen LogP contribution >= 0.6 is 22.9 Å². The van der Waals surface area contributed by atoms with Crippen LogP contribution in [0.5, 0.6) is 0 Å². The van der Waals surface area contributed by atoms with Gasteiger partial charge in [0, 0.05) is 18.1 Å². The summed E-state index contributed by atoms with van der Waals surface area (Å²) < 4.78 is 1.76. The Kier molecular flexibility index (Phi) is 2.58. The summed E-state index contributed by atoms with van der Waals surface area (Å²) in [5, 5.41) is 6.74. The Bertz CT molecular complexity index is 394. The molecule has 2 N–H and O–H groups in total. The van der Waals surface area contributed by atoms with E-state index in [0.717, 1.165) is 15.6 Å². The van der Waals surface area contributed by atoms with Gasteiger partial charge in [-0.25, -0.2) is 0 Å². The molecule has 0 amide bonds. The maximum atomic E-state index is 6.07. The molecule has 2 aromatic heterocycles. The van der Waals surface area contributed by atoms with Crippen LogP contribution in [-0.4, -0.2) is 9.78 Å². The minimum absolute atomic E-state index is 0.185. The van der Waals surface area contributed by atoms with Crippen molar-refractivity contribution < 1.29 is 0 Å². The first-order valence-corrected chi connectivity index (χ1v) is 5.42. The number of aromatic nitrogens is 2. The second kappa shape index (κ2) is 3.73. The Labute approximate surface area is 91.1 Å². The summed E-state index contributed by atoms with van der Waals surface area (Å²) in [6.45, 7) is 0. The number of hydrogen-bond acceptors (Lipinski definition) is 3. The topological polar surface area (TPSA) is 43.8 Å². The smallest absolute Gasteiger partial charge is 0.0831 e. The van der Waals surface area contributed by atoms with E-state index in [9.17, 15) is 0 Å². The highest BCUT2D eigenvalue weighted by Crippen LogP contribution is 2.30. The fourth-order valence-electron chi connectivity index (χ4n) is 1.35. The van der Waals surface area contributed by atoms with Crippen molar-refractivity contribution >= 4 is 22.9 Å². The third kappa shape index (κ3) is 1.56. The van der Waals surface area contributed by atoms with E-state index >= 15 is 0 Å². The highest BCUT2D eigenvalue weighted by atomic mass is 35.5. The van der Waals surface area contributed by atoms with Gasteiger partial charge in [-0.05, 0) is 17.5 Å². The minimum atomic E-state index is -0.185. The predicted octanol–water partition coefficient (Wildman–Crippen LogP) is 2.18. The third-order valence-corrected chi connectivity index (χ3v) is 3.55. The zero-order valence-electron chi connectivity index (χ0n) is 7.64. The number of hydrogen-bond donors (Lipinski definition) is 1. The first-order chi connectivity index (χ1) is 6.70. The molecule has 0 fully saturated rings. The number of nitrogens with two attached hydrogens (primary N) is 1. The van der Waals surface area contributed by atoms with Gasteiger partial charge in [0.15, 0.2) is 0 Å². The fraction of sp³-hybridized carbons (Fsp3) is 0.222. The van der Waals surface area contributed by atoms with E-state index in [2.05, 4.69) is 5.10 Å². The summed E-state index contributed by atoms with van der Waals surface area (Å²) in [4.78, 5) is 0.982. The second-order valence-electron chi connectivity index (χ2n) is 2.99. The summed E-state index contributed by atoms with van der Waals surface area (Å²) in [7, 11) is 1.87. The van der Waals surface area contributed by atoms with E-state index in [-0.39, 0.29) is 6.04 Å². The molecule has 0 radical (unpaired) electrons. The maximum absolute atomic E-state index is 6.07. The van der Waals surface area contributed by atoms with Crippen LogP contribution in [0, 0.1) is 0 Å². The molecule has 2 aromatic rings. The Morgan fingerprint density at radius 2 is 2.36 bits per heavy atom. The largest absolute Gasteiger partial charge is 0.318 e. The van der Waals surface area contributed by atoms with E-state index < -0.39 is 0 Å². The number of nitrogens with zero attached hydrogens (tertiary/aromatic N) is 2. The van der Waals surface area contributed by atoms with Gasteiger partial charge in [0.05, 0.1) is 16.8 Å². The normalized spacial score (nSPS) is 13.1. The quantitative estimate of drug-likeness (QED) is 0.855. The number of thiophene rings is 1. The van der Waals surface area contributed by atoms with Crippen molar-refractivity contribution in [3.63, 3.8) is 0 Å². The Hall–Kier alpha value is -0.840. The van der Waals surface area contributed by atoms with Crippen molar-refractivity contribution in [2.75, 3.05) is 0 Å². The first-order valence-electron chi connectivity index (χ1n) is 4.16. The molecule has 0 saturated carbocycles. The molecule has 5 heteroatoms. The number of aryl methyl sites for hydroxylation is 1. The van der Waals surface area contributed by atoms with E-state index in [1.165, 1.54) is 0 Å². The standard InChI is InChI=1S/C9H10ClN3S/c1-13-7(2-4-12-13)8(11)9-6(10)3-5-14-9/h2-5,8H,11H2,1H3. The van der Waals surface area contributed by atoms with E-state index in [1.807, 2.05) is 24.6 Å². The summed E-state index contributed by atoms with van der Waals surface area (Å²) >= 11 is 7.57. The molecular weight excluding hydrogens is 218 g/mol. The van der Waals surface area contributed by atoms with Crippen molar-refractivity contribution in [3.05, 3.63) is 39.3 Å². The second-order valence-corrected chi connectivity index (χ2v) is 4.35. The highest BCUT2D eigenvalue weighted by molar-refractivity contribution is 7.10. The minimum Gasteiger partial charge on any atom is -0.318 e. The monoisotopic (exact) mass is 227 g/mol. The molecule has 1 atom stereocenters. The molecule has 2 heterocycles. The SMILES string of the molecule is Cn1nccc1C(N)c1sccc1Cl. The molecule has 0 aliphatic heterocycles. The fourth-order valence-corrected chi connectivity index (χ4v) is 2.54. The van der Waals surface area contributed by atoms with Crippen LogP contribution in [-0.2, 0) is 7.05 Å². The van der Waals surface area contributed by atoms with Crippen LogP contribution in [0.15, 0.2) is 23.7 Å². The summed E-state index contributed by atoms with van der Waals surface area (Å²) in [6.07, 6.45) is 1.73. The molecule has 2 rings (SSSR count). The van der Waals surface area contributed by atoms with Crippen molar-refractivity contribution in [2.45, 2.75) is 6.04 Å². The van der Waals surface area contributed by atoms with Crippen LogP contribution in [0.25, 0.3) is 0 Å².